The van der Waals surface area contributed by atoms with Gasteiger partial charge < -0.3 is 10.4 Å². The molecule has 7 heteroatoms. The summed E-state index contributed by atoms with van der Waals surface area (Å²) in [5.74, 6) is -1.10. The van der Waals surface area contributed by atoms with Crippen molar-refractivity contribution in [2.75, 3.05) is 13.6 Å². The Bertz CT molecular complexity index is 1230. The average molecular weight is 409 g/mol. The van der Waals surface area contributed by atoms with E-state index in [-0.39, 0.29) is 12.1 Å². The summed E-state index contributed by atoms with van der Waals surface area (Å²) in [6.45, 7) is 0.125. The van der Waals surface area contributed by atoms with Crippen molar-refractivity contribution in [1.82, 2.24) is 14.5 Å². The second kappa shape index (κ2) is 8.22. The van der Waals surface area contributed by atoms with Crippen molar-refractivity contribution in [2.24, 2.45) is 0 Å². The second-order valence-electron chi connectivity index (χ2n) is 7.06. The summed E-state index contributed by atoms with van der Waals surface area (Å²) >= 11 is 0. The highest BCUT2D eigenvalue weighted by Gasteiger charge is 2.30. The van der Waals surface area contributed by atoms with E-state index in [1.807, 2.05) is 6.07 Å². The first-order valence-corrected chi connectivity index (χ1v) is 9.58. The van der Waals surface area contributed by atoms with Crippen molar-refractivity contribution < 1.29 is 13.9 Å². The van der Waals surface area contributed by atoms with Crippen molar-refractivity contribution in [1.29, 1.82) is 0 Å². The minimum atomic E-state index is -1.11. The molecule has 0 aliphatic heterocycles. The molecule has 0 saturated carbocycles. The Kier molecular flexibility index (Phi) is 5.48. The predicted molar refractivity (Wildman–Crippen MR) is 112 cm³/mol. The van der Waals surface area contributed by atoms with Crippen LogP contribution in [0.1, 0.15) is 11.6 Å². The number of imidazole rings is 1. The lowest BCUT2D eigenvalue weighted by molar-refractivity contribution is 0.130. The number of fused-ring (bicyclic) bond motifs is 1. The molecule has 0 radical (unpaired) electrons. The number of benzene rings is 3. The van der Waals surface area contributed by atoms with Crippen LogP contribution in [-0.4, -0.2) is 33.9 Å². The standard InChI is InChI=1S/C23H21F2N3O2/c1-26-14-20(29)21(15-7-5-8-16(24)13-15)28-22-18(25)11-6-12-19(22)27(23(28)30)17-9-3-2-4-10-17/h2-13,20-21,26,29H,14H2,1H3. The number of nitrogens with zero attached hydrogens (tertiary/aromatic N) is 2. The molecule has 0 aliphatic carbocycles. The molecule has 4 aromatic rings. The van der Waals surface area contributed by atoms with E-state index in [9.17, 15) is 14.3 Å². The molecule has 154 valence electrons. The van der Waals surface area contributed by atoms with E-state index < -0.39 is 29.5 Å². The molecule has 3 aromatic carbocycles. The smallest absolute Gasteiger partial charge is 0.334 e. The molecule has 2 unspecified atom stereocenters. The molecule has 1 heterocycles. The average Bonchev–Trinajstić information content (AvgIpc) is 3.02. The monoisotopic (exact) mass is 409 g/mol. The number of halogens is 2. The lowest BCUT2D eigenvalue weighted by Gasteiger charge is -2.25. The number of hydrogen-bond acceptors (Lipinski definition) is 3. The number of para-hydroxylation sites is 2. The van der Waals surface area contributed by atoms with E-state index in [2.05, 4.69) is 5.32 Å². The van der Waals surface area contributed by atoms with Crippen molar-refractivity contribution in [2.45, 2.75) is 12.1 Å². The van der Waals surface area contributed by atoms with Gasteiger partial charge in [-0.3, -0.25) is 9.13 Å². The van der Waals surface area contributed by atoms with E-state index in [4.69, 9.17) is 0 Å². The maximum absolute atomic E-state index is 15.0. The number of aromatic nitrogens is 2. The molecule has 0 spiro atoms. The molecule has 0 amide bonds. The van der Waals surface area contributed by atoms with Crippen LogP contribution in [-0.2, 0) is 0 Å². The second-order valence-corrected chi connectivity index (χ2v) is 7.06. The van der Waals surface area contributed by atoms with Gasteiger partial charge in [0.1, 0.15) is 17.2 Å². The van der Waals surface area contributed by atoms with Crippen LogP contribution in [0.3, 0.4) is 0 Å². The highest BCUT2D eigenvalue weighted by atomic mass is 19.1. The Morgan fingerprint density at radius 3 is 2.43 bits per heavy atom. The zero-order valence-corrected chi connectivity index (χ0v) is 16.3. The van der Waals surface area contributed by atoms with Gasteiger partial charge in [0, 0.05) is 6.54 Å². The van der Waals surface area contributed by atoms with Gasteiger partial charge in [-0.15, -0.1) is 0 Å². The lowest BCUT2D eigenvalue weighted by Crippen LogP contribution is -2.38. The number of aliphatic hydroxyl groups is 1. The van der Waals surface area contributed by atoms with Crippen LogP contribution < -0.4 is 11.0 Å². The van der Waals surface area contributed by atoms with Gasteiger partial charge in [-0.2, -0.15) is 0 Å². The van der Waals surface area contributed by atoms with Crippen molar-refractivity contribution in [3.8, 4) is 5.69 Å². The van der Waals surface area contributed by atoms with E-state index in [1.54, 1.807) is 43.4 Å². The topological polar surface area (TPSA) is 59.2 Å². The summed E-state index contributed by atoms with van der Waals surface area (Å²) < 4.78 is 31.6. The normalized spacial score (nSPS) is 13.5. The first-order valence-electron chi connectivity index (χ1n) is 9.58. The molecule has 4 rings (SSSR count). The quantitative estimate of drug-likeness (QED) is 0.514. The molecular weight excluding hydrogens is 388 g/mol. The van der Waals surface area contributed by atoms with Gasteiger partial charge in [0.05, 0.1) is 23.3 Å². The summed E-state index contributed by atoms with van der Waals surface area (Å²) in [6.07, 6.45) is -1.11. The van der Waals surface area contributed by atoms with Crippen LogP contribution in [0.25, 0.3) is 16.7 Å². The van der Waals surface area contributed by atoms with E-state index in [0.717, 1.165) is 0 Å². The van der Waals surface area contributed by atoms with Gasteiger partial charge in [-0.05, 0) is 49.0 Å². The molecule has 1 aromatic heterocycles. The van der Waals surface area contributed by atoms with Crippen molar-refractivity contribution >= 4 is 11.0 Å². The van der Waals surface area contributed by atoms with Crippen LogP contribution in [0.2, 0.25) is 0 Å². The Morgan fingerprint density at radius 1 is 1.00 bits per heavy atom. The third-order valence-corrected chi connectivity index (χ3v) is 5.11. The van der Waals surface area contributed by atoms with Gasteiger partial charge in [0.2, 0.25) is 0 Å². The van der Waals surface area contributed by atoms with Gasteiger partial charge in [0.15, 0.2) is 0 Å². The Balaban J connectivity index is 2.07. The zero-order valence-electron chi connectivity index (χ0n) is 16.3. The molecule has 2 N–H and O–H groups in total. The van der Waals surface area contributed by atoms with Crippen molar-refractivity contribution in [3.05, 3.63) is 100 Å². The summed E-state index contributed by atoms with van der Waals surface area (Å²) in [5, 5.41) is 13.7. The molecule has 5 nitrogen and oxygen atoms in total. The number of hydrogen-bond donors (Lipinski definition) is 2. The summed E-state index contributed by atoms with van der Waals surface area (Å²) in [4.78, 5) is 13.6. The predicted octanol–water partition coefficient (Wildman–Crippen LogP) is 3.24. The minimum absolute atomic E-state index is 0.0516. The van der Waals surface area contributed by atoms with E-state index >= 15 is 4.39 Å². The van der Waals surface area contributed by atoms with Crippen LogP contribution in [0.15, 0.2) is 77.6 Å². The zero-order chi connectivity index (χ0) is 21.3. The van der Waals surface area contributed by atoms with E-state index in [1.165, 1.54) is 39.5 Å². The van der Waals surface area contributed by atoms with Crippen LogP contribution in [0, 0.1) is 11.6 Å². The molecule has 0 fully saturated rings. The first kappa shape index (κ1) is 20.0. The molecular formula is C23H21F2N3O2. The number of rotatable bonds is 6. The highest BCUT2D eigenvalue weighted by molar-refractivity contribution is 5.79. The highest BCUT2D eigenvalue weighted by Crippen LogP contribution is 2.29. The van der Waals surface area contributed by atoms with Gasteiger partial charge in [-0.25, -0.2) is 13.6 Å². The molecule has 0 bridgehead atoms. The summed E-state index contributed by atoms with van der Waals surface area (Å²) in [5.41, 5.74) is 0.832. The summed E-state index contributed by atoms with van der Waals surface area (Å²) in [7, 11) is 1.66. The fourth-order valence-electron chi connectivity index (χ4n) is 3.87. The Morgan fingerprint density at radius 2 is 1.73 bits per heavy atom. The molecule has 0 aliphatic rings. The molecule has 0 saturated heterocycles. The van der Waals surface area contributed by atoms with Gasteiger partial charge >= 0.3 is 5.69 Å². The molecule has 2 atom stereocenters. The van der Waals surface area contributed by atoms with Crippen LogP contribution >= 0.6 is 0 Å². The maximum Gasteiger partial charge on any atom is 0.334 e. The molecule has 30 heavy (non-hydrogen) atoms. The fraction of sp³-hybridized carbons (Fsp3) is 0.174. The first-order chi connectivity index (χ1) is 14.5. The minimum Gasteiger partial charge on any atom is -0.389 e. The van der Waals surface area contributed by atoms with Crippen molar-refractivity contribution in [3.63, 3.8) is 0 Å². The third kappa shape index (κ3) is 3.42. The number of aliphatic hydroxyl groups excluding tert-OH is 1. The largest absolute Gasteiger partial charge is 0.389 e. The third-order valence-electron chi connectivity index (χ3n) is 5.11. The van der Waals surface area contributed by atoms with E-state index in [0.29, 0.717) is 16.8 Å². The SMILES string of the molecule is CNCC(O)C(c1cccc(F)c1)n1c(=O)n(-c2ccccc2)c2cccc(F)c21. The van der Waals surface area contributed by atoms with Crippen LogP contribution in [0.5, 0.6) is 0 Å². The summed E-state index contributed by atoms with van der Waals surface area (Å²) in [6, 6.07) is 18.0. The number of likely N-dealkylation sites (N-methyl/N-ethyl adjacent to an activating group) is 1. The lowest BCUT2D eigenvalue weighted by atomic mass is 10.0. The Labute approximate surface area is 171 Å². The fourth-order valence-corrected chi connectivity index (χ4v) is 3.87. The van der Waals surface area contributed by atoms with Crippen LogP contribution in [0.4, 0.5) is 8.78 Å². The number of nitrogens with one attached hydrogen (secondary N) is 1. The van der Waals surface area contributed by atoms with Gasteiger partial charge in [0.25, 0.3) is 0 Å². The Hall–Kier alpha value is -3.29. The maximum atomic E-state index is 15.0. The van der Waals surface area contributed by atoms with Gasteiger partial charge in [-0.1, -0.05) is 36.4 Å².